The van der Waals surface area contributed by atoms with Crippen LogP contribution >= 0.6 is 0 Å². The van der Waals surface area contributed by atoms with Crippen LogP contribution in [0.3, 0.4) is 0 Å². The molecule has 7 heteroatoms. The first-order valence-corrected chi connectivity index (χ1v) is 7.97. The maximum absolute atomic E-state index is 11.8. The first-order chi connectivity index (χ1) is 12.6. The Morgan fingerprint density at radius 1 is 1.04 bits per heavy atom. The highest BCUT2D eigenvalue weighted by Crippen LogP contribution is 2.22. The van der Waals surface area contributed by atoms with Crippen molar-refractivity contribution < 1.29 is 19.1 Å². The van der Waals surface area contributed by atoms with Crippen LogP contribution < -0.4 is 20.2 Å². The van der Waals surface area contributed by atoms with Crippen LogP contribution in [-0.2, 0) is 16.1 Å². The molecule has 0 unspecified atom stereocenters. The van der Waals surface area contributed by atoms with E-state index in [1.54, 1.807) is 25.3 Å². The summed E-state index contributed by atoms with van der Waals surface area (Å²) < 4.78 is 10.4. The number of methoxy groups -OCH3 is 2. The molecule has 7 nitrogen and oxygen atoms in total. The second-order valence-corrected chi connectivity index (χ2v) is 5.34. The average molecular weight is 355 g/mol. The Bertz CT molecular complexity index is 776. The lowest BCUT2D eigenvalue weighted by molar-refractivity contribution is -0.129. The molecule has 0 fully saturated rings. The van der Waals surface area contributed by atoms with Gasteiger partial charge < -0.3 is 14.8 Å². The topological polar surface area (TPSA) is 89.0 Å². The molecule has 2 N–H and O–H groups in total. The average Bonchev–Trinajstić information content (AvgIpc) is 2.67. The molecule has 2 rings (SSSR count). The van der Waals surface area contributed by atoms with Crippen molar-refractivity contribution in [3.63, 3.8) is 0 Å². The second-order valence-electron chi connectivity index (χ2n) is 5.34. The van der Waals surface area contributed by atoms with Crippen molar-refractivity contribution in [1.29, 1.82) is 0 Å². The van der Waals surface area contributed by atoms with E-state index in [1.165, 1.54) is 13.3 Å². The van der Waals surface area contributed by atoms with Gasteiger partial charge >= 0.3 is 0 Å². The van der Waals surface area contributed by atoms with Gasteiger partial charge in [-0.2, -0.15) is 5.10 Å². The molecule has 0 heterocycles. The Morgan fingerprint density at radius 2 is 1.81 bits per heavy atom. The normalized spacial score (nSPS) is 10.4. The summed E-state index contributed by atoms with van der Waals surface area (Å²) in [6, 6.07) is 14.7. The Labute approximate surface area is 152 Å². The van der Waals surface area contributed by atoms with Gasteiger partial charge in [0.25, 0.3) is 0 Å². The summed E-state index contributed by atoms with van der Waals surface area (Å²) in [6.07, 6.45) is 1.14. The minimum atomic E-state index is -0.501. The summed E-state index contributed by atoms with van der Waals surface area (Å²) >= 11 is 0. The minimum Gasteiger partial charge on any atom is -0.497 e. The van der Waals surface area contributed by atoms with Gasteiger partial charge in [-0.1, -0.05) is 30.3 Å². The lowest BCUT2D eigenvalue weighted by atomic mass is 10.2. The monoisotopic (exact) mass is 355 g/mol. The van der Waals surface area contributed by atoms with Gasteiger partial charge in [0, 0.05) is 18.2 Å². The van der Waals surface area contributed by atoms with Crippen LogP contribution in [-0.4, -0.2) is 32.2 Å². The van der Waals surface area contributed by atoms with E-state index in [1.807, 2.05) is 30.3 Å². The zero-order valence-electron chi connectivity index (χ0n) is 14.7. The minimum absolute atomic E-state index is 0.302. The van der Waals surface area contributed by atoms with Gasteiger partial charge in [0.05, 0.1) is 20.4 Å². The summed E-state index contributed by atoms with van der Waals surface area (Å²) in [5.74, 6) is 0.337. The van der Waals surface area contributed by atoms with Crippen molar-refractivity contribution in [3.8, 4) is 11.5 Å². The Kier molecular flexibility index (Phi) is 7.17. The van der Waals surface area contributed by atoms with E-state index in [-0.39, 0.29) is 12.3 Å². The van der Waals surface area contributed by atoms with E-state index < -0.39 is 5.91 Å². The third-order valence-electron chi connectivity index (χ3n) is 3.49. The van der Waals surface area contributed by atoms with Crippen LogP contribution in [0.5, 0.6) is 11.5 Å². The van der Waals surface area contributed by atoms with Gasteiger partial charge in [0.1, 0.15) is 17.9 Å². The smallest absolute Gasteiger partial charge is 0.249 e. The molecule has 0 spiro atoms. The predicted molar refractivity (Wildman–Crippen MR) is 98.2 cm³/mol. The fourth-order valence-electron chi connectivity index (χ4n) is 2.14. The van der Waals surface area contributed by atoms with Gasteiger partial charge in [-0.3, -0.25) is 9.59 Å². The van der Waals surface area contributed by atoms with Crippen molar-refractivity contribution in [2.24, 2.45) is 5.10 Å². The number of carbonyl (C=O) groups excluding carboxylic acids is 2. The predicted octanol–water partition coefficient (Wildman–Crippen LogP) is 1.86. The molecule has 0 saturated carbocycles. The second kappa shape index (κ2) is 9.83. The Morgan fingerprint density at radius 3 is 2.50 bits per heavy atom. The van der Waals surface area contributed by atoms with Crippen molar-refractivity contribution >= 4 is 18.0 Å². The van der Waals surface area contributed by atoms with Crippen LogP contribution in [0.1, 0.15) is 17.5 Å². The Balaban J connectivity index is 1.80. The molecular weight excluding hydrogens is 334 g/mol. The molecule has 2 aromatic carbocycles. The molecule has 2 amide bonds. The lowest BCUT2D eigenvalue weighted by Gasteiger charge is -2.07. The molecule has 0 radical (unpaired) electrons. The molecule has 136 valence electrons. The summed E-state index contributed by atoms with van der Waals surface area (Å²) in [5.41, 5.74) is 3.96. The highest BCUT2D eigenvalue weighted by atomic mass is 16.5. The largest absolute Gasteiger partial charge is 0.497 e. The van der Waals surface area contributed by atoms with E-state index >= 15 is 0 Å². The fraction of sp³-hybridized carbons (Fsp3) is 0.211. The van der Waals surface area contributed by atoms with Crippen LogP contribution in [0.4, 0.5) is 0 Å². The molecule has 0 bridgehead atoms. The maximum atomic E-state index is 11.8. The van der Waals surface area contributed by atoms with Crippen molar-refractivity contribution in [3.05, 3.63) is 59.7 Å². The fourth-order valence-corrected chi connectivity index (χ4v) is 2.14. The zero-order chi connectivity index (χ0) is 18.8. The van der Waals surface area contributed by atoms with Crippen LogP contribution in [0, 0.1) is 0 Å². The van der Waals surface area contributed by atoms with Gasteiger partial charge in [0.15, 0.2) is 0 Å². The molecule has 0 aliphatic heterocycles. The molecule has 0 aromatic heterocycles. The molecule has 0 atom stereocenters. The first kappa shape index (κ1) is 19.0. The highest BCUT2D eigenvalue weighted by molar-refractivity contribution is 5.97. The first-order valence-electron chi connectivity index (χ1n) is 7.97. The SMILES string of the molecule is COc1ccc(/C=N/NC(=O)CC(=O)NCc2ccccc2)c(OC)c1. The van der Waals surface area contributed by atoms with Crippen molar-refractivity contribution in [2.45, 2.75) is 13.0 Å². The van der Waals surface area contributed by atoms with E-state index in [0.29, 0.717) is 23.6 Å². The van der Waals surface area contributed by atoms with Crippen LogP contribution in [0.2, 0.25) is 0 Å². The van der Waals surface area contributed by atoms with E-state index in [9.17, 15) is 9.59 Å². The number of hydrazone groups is 1. The van der Waals surface area contributed by atoms with Gasteiger partial charge in [-0.05, 0) is 17.7 Å². The number of hydrogen-bond donors (Lipinski definition) is 2. The van der Waals surface area contributed by atoms with Crippen molar-refractivity contribution in [1.82, 2.24) is 10.7 Å². The highest BCUT2D eigenvalue weighted by Gasteiger charge is 2.08. The molecular formula is C19H21N3O4. The molecule has 0 aliphatic rings. The van der Waals surface area contributed by atoms with Gasteiger partial charge in [-0.15, -0.1) is 0 Å². The number of benzene rings is 2. The number of nitrogens with zero attached hydrogens (tertiary/aromatic N) is 1. The maximum Gasteiger partial charge on any atom is 0.249 e. The number of amides is 2. The molecule has 0 aliphatic carbocycles. The van der Waals surface area contributed by atoms with Crippen molar-refractivity contribution in [2.75, 3.05) is 14.2 Å². The van der Waals surface area contributed by atoms with Gasteiger partial charge in [0.2, 0.25) is 11.8 Å². The quantitative estimate of drug-likeness (QED) is 0.430. The van der Waals surface area contributed by atoms with E-state index in [0.717, 1.165) is 5.56 Å². The molecule has 0 saturated heterocycles. The summed E-state index contributed by atoms with van der Waals surface area (Å²) in [7, 11) is 3.09. The van der Waals surface area contributed by atoms with Gasteiger partial charge in [-0.25, -0.2) is 5.43 Å². The summed E-state index contributed by atoms with van der Waals surface area (Å²) in [5, 5.41) is 6.53. The number of rotatable bonds is 8. The summed E-state index contributed by atoms with van der Waals surface area (Å²) in [4.78, 5) is 23.5. The molecule has 2 aromatic rings. The number of hydrogen-bond acceptors (Lipinski definition) is 5. The third kappa shape index (κ3) is 5.94. The number of carbonyl (C=O) groups is 2. The summed E-state index contributed by atoms with van der Waals surface area (Å²) in [6.45, 7) is 0.374. The van der Waals surface area contributed by atoms with E-state index in [4.69, 9.17) is 9.47 Å². The van der Waals surface area contributed by atoms with Crippen LogP contribution in [0.25, 0.3) is 0 Å². The standard InChI is InChI=1S/C19H21N3O4/c1-25-16-9-8-15(17(10-16)26-2)13-21-22-19(24)11-18(23)20-12-14-6-4-3-5-7-14/h3-10,13H,11-12H2,1-2H3,(H,20,23)(H,22,24)/b21-13+. The number of ether oxygens (including phenoxy) is 2. The zero-order valence-corrected chi connectivity index (χ0v) is 14.7. The molecule has 26 heavy (non-hydrogen) atoms. The van der Waals surface area contributed by atoms with Crippen LogP contribution in [0.15, 0.2) is 53.6 Å². The van der Waals surface area contributed by atoms with E-state index in [2.05, 4.69) is 15.8 Å². The Hall–Kier alpha value is -3.35. The lowest BCUT2D eigenvalue weighted by Crippen LogP contribution is -2.29. The third-order valence-corrected chi connectivity index (χ3v) is 3.49. The number of nitrogens with one attached hydrogen (secondary N) is 2.